The van der Waals surface area contributed by atoms with E-state index >= 15 is 0 Å². The SMILES string of the molecule is COc1ccccc1Nc1nc(N)nc(CSc2nnc(-c3ccncc3)n2CC(F)(F)F)n1. The van der Waals surface area contributed by atoms with Gasteiger partial charge >= 0.3 is 6.18 Å². The normalized spacial score (nSPS) is 11.4. The van der Waals surface area contributed by atoms with Gasteiger partial charge in [-0.3, -0.25) is 9.55 Å². The first-order valence-corrected chi connectivity index (χ1v) is 10.7. The van der Waals surface area contributed by atoms with E-state index in [0.29, 0.717) is 17.0 Å². The van der Waals surface area contributed by atoms with Crippen LogP contribution in [0.2, 0.25) is 0 Å². The van der Waals surface area contributed by atoms with E-state index in [-0.39, 0.29) is 34.5 Å². The lowest BCUT2D eigenvalue weighted by Crippen LogP contribution is -2.19. The number of ether oxygens (including phenoxy) is 1. The highest BCUT2D eigenvalue weighted by atomic mass is 32.2. The monoisotopic (exact) mass is 489 g/mol. The predicted molar refractivity (Wildman–Crippen MR) is 119 cm³/mol. The lowest BCUT2D eigenvalue weighted by atomic mass is 10.2. The minimum atomic E-state index is -4.47. The fourth-order valence-electron chi connectivity index (χ4n) is 2.99. The number of anilines is 3. The summed E-state index contributed by atoms with van der Waals surface area (Å²) >= 11 is 1.00. The lowest BCUT2D eigenvalue weighted by Gasteiger charge is -2.13. The average molecular weight is 489 g/mol. The second-order valence-corrected chi connectivity index (χ2v) is 7.73. The maximum absolute atomic E-state index is 13.3. The Morgan fingerprint density at radius 2 is 1.82 bits per heavy atom. The topological polar surface area (TPSA) is 130 Å². The molecule has 10 nitrogen and oxygen atoms in total. The van der Waals surface area contributed by atoms with Crippen LogP contribution in [0.3, 0.4) is 0 Å². The van der Waals surface area contributed by atoms with Crippen LogP contribution in [0, 0.1) is 0 Å². The molecule has 4 aromatic rings. The average Bonchev–Trinajstić information content (AvgIpc) is 3.19. The highest BCUT2D eigenvalue weighted by Crippen LogP contribution is 2.30. The van der Waals surface area contributed by atoms with Crippen LogP contribution < -0.4 is 15.8 Å². The fourth-order valence-corrected chi connectivity index (χ4v) is 3.78. The molecule has 0 bridgehead atoms. The molecule has 3 aromatic heterocycles. The van der Waals surface area contributed by atoms with Gasteiger partial charge in [-0.25, -0.2) is 0 Å². The number of hydrogen-bond acceptors (Lipinski definition) is 10. The summed E-state index contributed by atoms with van der Waals surface area (Å²) in [5.41, 5.74) is 6.89. The van der Waals surface area contributed by atoms with E-state index in [2.05, 4.69) is 35.5 Å². The number of rotatable bonds is 8. The highest BCUT2D eigenvalue weighted by Gasteiger charge is 2.31. The molecule has 176 valence electrons. The summed E-state index contributed by atoms with van der Waals surface area (Å²) in [6.07, 6.45) is -1.53. The molecule has 0 unspecified atom stereocenters. The number of nitrogens with one attached hydrogen (secondary N) is 1. The number of benzene rings is 1. The van der Waals surface area contributed by atoms with Crippen molar-refractivity contribution in [3.63, 3.8) is 0 Å². The van der Waals surface area contributed by atoms with Crippen LogP contribution >= 0.6 is 11.8 Å². The summed E-state index contributed by atoms with van der Waals surface area (Å²) < 4.78 is 46.1. The molecule has 0 aliphatic heterocycles. The first-order chi connectivity index (χ1) is 16.3. The number of aromatic nitrogens is 7. The Labute approximate surface area is 195 Å². The molecule has 0 amide bonds. The Hall–Kier alpha value is -3.94. The van der Waals surface area contributed by atoms with Gasteiger partial charge in [0.05, 0.1) is 18.6 Å². The van der Waals surface area contributed by atoms with E-state index in [1.54, 1.807) is 30.3 Å². The van der Waals surface area contributed by atoms with Gasteiger partial charge in [0.1, 0.15) is 18.1 Å². The van der Waals surface area contributed by atoms with Crippen molar-refractivity contribution in [3.8, 4) is 17.1 Å². The van der Waals surface area contributed by atoms with Crippen molar-refractivity contribution < 1.29 is 17.9 Å². The number of para-hydroxylation sites is 2. The number of nitrogens with zero attached hydrogens (tertiary/aromatic N) is 7. The molecule has 0 aliphatic carbocycles. The summed E-state index contributed by atoms with van der Waals surface area (Å²) in [7, 11) is 1.53. The molecule has 0 atom stereocenters. The van der Waals surface area contributed by atoms with Crippen molar-refractivity contribution in [3.05, 3.63) is 54.6 Å². The van der Waals surface area contributed by atoms with Crippen molar-refractivity contribution in [1.29, 1.82) is 0 Å². The molecule has 0 aliphatic rings. The third kappa shape index (κ3) is 5.70. The number of nitrogen functional groups attached to an aromatic ring is 1. The van der Waals surface area contributed by atoms with Crippen LogP contribution in [-0.4, -0.2) is 48.0 Å². The van der Waals surface area contributed by atoms with Gasteiger partial charge in [-0.1, -0.05) is 23.9 Å². The van der Waals surface area contributed by atoms with E-state index < -0.39 is 12.7 Å². The predicted octanol–water partition coefficient (Wildman–Crippen LogP) is 3.71. The number of thioether (sulfide) groups is 1. The van der Waals surface area contributed by atoms with E-state index in [9.17, 15) is 13.2 Å². The van der Waals surface area contributed by atoms with Crippen LogP contribution in [0.4, 0.5) is 30.8 Å². The summed E-state index contributed by atoms with van der Waals surface area (Å²) in [5, 5.41) is 11.0. The molecule has 0 spiro atoms. The zero-order chi connectivity index (χ0) is 24.1. The smallest absolute Gasteiger partial charge is 0.406 e. The maximum atomic E-state index is 13.3. The number of halogens is 3. The van der Waals surface area contributed by atoms with Crippen molar-refractivity contribution >= 4 is 29.3 Å². The zero-order valence-electron chi connectivity index (χ0n) is 17.7. The first-order valence-electron chi connectivity index (χ1n) is 9.76. The second-order valence-electron chi connectivity index (χ2n) is 6.79. The van der Waals surface area contributed by atoms with Crippen molar-refractivity contribution in [2.24, 2.45) is 0 Å². The quantitative estimate of drug-likeness (QED) is 0.353. The molecule has 14 heteroatoms. The Morgan fingerprint density at radius 3 is 2.56 bits per heavy atom. The van der Waals surface area contributed by atoms with Crippen molar-refractivity contribution in [2.45, 2.75) is 23.6 Å². The standard InChI is InChI=1S/C20H18F3N9OS/c1-33-14-5-3-2-4-13(14)26-18-28-15(27-17(24)29-18)10-34-19-31-30-16(12-6-8-25-9-7-12)32(19)11-20(21,22)23/h2-9H,10-11H2,1H3,(H3,24,26,27,28,29). The number of nitrogens with two attached hydrogens (primary N) is 1. The minimum Gasteiger partial charge on any atom is -0.495 e. The zero-order valence-corrected chi connectivity index (χ0v) is 18.5. The van der Waals surface area contributed by atoms with Gasteiger partial charge < -0.3 is 15.8 Å². The lowest BCUT2D eigenvalue weighted by molar-refractivity contribution is -0.141. The maximum Gasteiger partial charge on any atom is 0.406 e. The molecular weight excluding hydrogens is 471 g/mol. The summed E-state index contributed by atoms with van der Waals surface area (Å²) in [6.45, 7) is -1.25. The molecule has 0 saturated carbocycles. The van der Waals surface area contributed by atoms with Gasteiger partial charge in [0.2, 0.25) is 11.9 Å². The number of pyridine rings is 1. The van der Waals surface area contributed by atoms with E-state index in [4.69, 9.17) is 10.5 Å². The van der Waals surface area contributed by atoms with Gasteiger partial charge in [-0.05, 0) is 24.3 Å². The molecule has 0 saturated heterocycles. The van der Waals surface area contributed by atoms with Crippen molar-refractivity contribution in [2.75, 3.05) is 18.2 Å². The van der Waals surface area contributed by atoms with Crippen molar-refractivity contribution in [1.82, 2.24) is 34.7 Å². The third-order valence-corrected chi connectivity index (χ3v) is 5.34. The summed E-state index contributed by atoms with van der Waals surface area (Å²) in [4.78, 5) is 16.3. The number of alkyl halides is 3. The summed E-state index contributed by atoms with van der Waals surface area (Å²) in [6, 6.07) is 10.3. The summed E-state index contributed by atoms with van der Waals surface area (Å²) in [5.74, 6) is 1.11. The highest BCUT2D eigenvalue weighted by molar-refractivity contribution is 7.98. The van der Waals surface area contributed by atoms with E-state index in [0.717, 1.165) is 16.3 Å². The Balaban J connectivity index is 1.57. The molecule has 3 N–H and O–H groups in total. The minimum absolute atomic E-state index is 0.0442. The largest absolute Gasteiger partial charge is 0.495 e. The van der Waals surface area contributed by atoms with E-state index in [1.807, 2.05) is 6.07 Å². The number of methoxy groups -OCH3 is 1. The van der Waals surface area contributed by atoms with Gasteiger partial charge in [-0.15, -0.1) is 10.2 Å². The van der Waals surface area contributed by atoms with Gasteiger partial charge in [-0.2, -0.15) is 28.1 Å². The molecule has 3 heterocycles. The van der Waals surface area contributed by atoms with Gasteiger partial charge in [0, 0.05) is 18.0 Å². The number of hydrogen-bond donors (Lipinski definition) is 2. The van der Waals surface area contributed by atoms with Crippen LogP contribution in [0.25, 0.3) is 11.4 Å². The molecule has 4 rings (SSSR count). The third-order valence-electron chi connectivity index (χ3n) is 4.38. The Bertz CT molecular complexity index is 1270. The first kappa shape index (κ1) is 23.2. The van der Waals surface area contributed by atoms with Gasteiger partial charge in [0.15, 0.2) is 11.0 Å². The van der Waals surface area contributed by atoms with Crippen LogP contribution in [0.5, 0.6) is 5.75 Å². The fraction of sp³-hybridized carbons (Fsp3) is 0.200. The second kappa shape index (κ2) is 9.91. The molecule has 1 aromatic carbocycles. The van der Waals surface area contributed by atoms with Crippen LogP contribution in [0.15, 0.2) is 53.9 Å². The molecular formula is C20H18F3N9OS. The molecule has 34 heavy (non-hydrogen) atoms. The Kier molecular flexibility index (Phi) is 6.77. The van der Waals surface area contributed by atoms with Gasteiger partial charge in [0.25, 0.3) is 0 Å². The molecule has 0 radical (unpaired) electrons. The molecule has 0 fully saturated rings. The van der Waals surface area contributed by atoms with Crippen LogP contribution in [0.1, 0.15) is 5.82 Å². The Morgan fingerprint density at radius 1 is 1.06 bits per heavy atom. The van der Waals surface area contributed by atoms with E-state index in [1.165, 1.54) is 19.5 Å². The van der Waals surface area contributed by atoms with Crippen LogP contribution in [-0.2, 0) is 12.3 Å².